The van der Waals surface area contributed by atoms with Crippen LogP contribution < -0.4 is 15.5 Å². The van der Waals surface area contributed by atoms with Gasteiger partial charge in [-0.1, -0.05) is 36.4 Å². The highest BCUT2D eigenvalue weighted by molar-refractivity contribution is 6.26. The van der Waals surface area contributed by atoms with Gasteiger partial charge in [0.1, 0.15) is 5.54 Å². The number of amides is 3. The zero-order chi connectivity index (χ0) is 27.6. The van der Waals surface area contributed by atoms with Gasteiger partial charge in [-0.25, -0.2) is 9.69 Å². The second kappa shape index (κ2) is 8.89. The van der Waals surface area contributed by atoms with Crippen LogP contribution in [0, 0.1) is 11.8 Å². The maximum atomic E-state index is 14.2. The van der Waals surface area contributed by atoms with Gasteiger partial charge in [-0.2, -0.15) is 0 Å². The van der Waals surface area contributed by atoms with Crippen molar-refractivity contribution >= 4 is 46.0 Å². The Morgan fingerprint density at radius 2 is 1.70 bits per heavy atom. The van der Waals surface area contributed by atoms with Crippen molar-refractivity contribution < 1.29 is 23.9 Å². The number of esters is 1. The minimum atomic E-state index is -1.38. The van der Waals surface area contributed by atoms with E-state index in [-0.39, 0.29) is 18.4 Å². The molecule has 2 fully saturated rings. The van der Waals surface area contributed by atoms with E-state index in [4.69, 9.17) is 4.74 Å². The van der Waals surface area contributed by atoms with E-state index in [9.17, 15) is 19.2 Å². The molecule has 40 heavy (non-hydrogen) atoms. The third kappa shape index (κ3) is 3.31. The Hall–Kier alpha value is -4.76. The molecule has 0 unspecified atom stereocenters. The second-order valence-corrected chi connectivity index (χ2v) is 10.4. The summed E-state index contributed by atoms with van der Waals surface area (Å²) in [5.74, 6) is -3.35. The predicted molar refractivity (Wildman–Crippen MR) is 148 cm³/mol. The second-order valence-electron chi connectivity index (χ2n) is 10.4. The van der Waals surface area contributed by atoms with Gasteiger partial charge in [-0.15, -0.1) is 0 Å². The van der Waals surface area contributed by atoms with Crippen LogP contribution in [0.5, 0.6) is 0 Å². The van der Waals surface area contributed by atoms with Crippen LogP contribution in [0.4, 0.5) is 11.4 Å². The number of rotatable bonds is 5. The summed E-state index contributed by atoms with van der Waals surface area (Å²) in [4.78, 5) is 58.6. The summed E-state index contributed by atoms with van der Waals surface area (Å²) in [6.07, 6.45) is 2.36. The van der Waals surface area contributed by atoms with Gasteiger partial charge in [0.15, 0.2) is 0 Å². The fraction of sp³-hybridized carbons (Fsp3) is 0.226. The van der Waals surface area contributed by atoms with Gasteiger partial charge in [0.25, 0.3) is 0 Å². The number of nitrogens with zero attached hydrogens (tertiary/aromatic N) is 1. The zero-order valence-electron chi connectivity index (χ0n) is 21.6. The first-order valence-corrected chi connectivity index (χ1v) is 13.3. The number of carbonyl (C=O) groups excluding carboxylic acids is 4. The van der Waals surface area contributed by atoms with Gasteiger partial charge in [0.05, 0.1) is 29.7 Å². The smallest absolute Gasteiger partial charge is 0.338 e. The van der Waals surface area contributed by atoms with Crippen LogP contribution in [0.2, 0.25) is 0 Å². The van der Waals surface area contributed by atoms with Crippen molar-refractivity contribution in [1.82, 2.24) is 10.3 Å². The molecule has 9 nitrogen and oxygen atoms in total. The monoisotopic (exact) mass is 534 g/mol. The SMILES string of the molecule is CCOC(=O)c1ccc(N2C(=O)[C@@H]3[C@H](Cc4c[nH]c5ccccc45)N[C@@]4(C(=O)Nc5ccccc54)[C@@H]3C2=O)cc1. The first-order chi connectivity index (χ1) is 19.4. The molecule has 4 heterocycles. The van der Waals surface area contributed by atoms with E-state index >= 15 is 0 Å². The predicted octanol–water partition coefficient (Wildman–Crippen LogP) is 3.51. The number of hydrogen-bond acceptors (Lipinski definition) is 6. The summed E-state index contributed by atoms with van der Waals surface area (Å²) in [5, 5.41) is 7.45. The minimum Gasteiger partial charge on any atom is -0.462 e. The summed E-state index contributed by atoms with van der Waals surface area (Å²) in [6, 6.07) is 20.9. The third-order valence-electron chi connectivity index (χ3n) is 8.37. The molecule has 7 rings (SSSR count). The highest BCUT2D eigenvalue weighted by atomic mass is 16.5. The molecule has 1 spiro atoms. The van der Waals surface area contributed by atoms with Crippen molar-refractivity contribution in [2.75, 3.05) is 16.8 Å². The van der Waals surface area contributed by atoms with Crippen molar-refractivity contribution in [1.29, 1.82) is 0 Å². The number of fused-ring (bicyclic) bond motifs is 5. The molecule has 200 valence electrons. The molecule has 3 aliphatic heterocycles. The van der Waals surface area contributed by atoms with Crippen molar-refractivity contribution in [3.05, 3.63) is 95.7 Å². The number of H-pyrrole nitrogens is 1. The maximum absolute atomic E-state index is 14.2. The van der Waals surface area contributed by atoms with Gasteiger partial charge in [-0.3, -0.25) is 19.7 Å². The van der Waals surface area contributed by atoms with Crippen molar-refractivity contribution in [2.24, 2.45) is 11.8 Å². The molecule has 2 saturated heterocycles. The molecule has 4 aromatic rings. The van der Waals surface area contributed by atoms with Crippen LogP contribution in [-0.4, -0.2) is 41.3 Å². The summed E-state index contributed by atoms with van der Waals surface area (Å²) >= 11 is 0. The molecule has 3 aromatic carbocycles. The number of imide groups is 1. The molecule has 0 radical (unpaired) electrons. The fourth-order valence-corrected chi connectivity index (χ4v) is 6.69. The topological polar surface area (TPSA) is 121 Å². The van der Waals surface area contributed by atoms with Crippen LogP contribution in [0.1, 0.15) is 28.4 Å². The van der Waals surface area contributed by atoms with Gasteiger partial charge < -0.3 is 15.0 Å². The summed E-state index contributed by atoms with van der Waals surface area (Å²) < 4.78 is 5.06. The number of para-hydroxylation sites is 2. The Morgan fingerprint density at radius 1 is 0.950 bits per heavy atom. The molecule has 0 saturated carbocycles. The van der Waals surface area contributed by atoms with Crippen LogP contribution in [0.3, 0.4) is 0 Å². The molecule has 0 bridgehead atoms. The number of anilines is 2. The van der Waals surface area contributed by atoms with E-state index in [1.807, 2.05) is 48.7 Å². The Bertz CT molecular complexity index is 1710. The number of hydrogen-bond donors (Lipinski definition) is 3. The molecule has 4 atom stereocenters. The lowest BCUT2D eigenvalue weighted by Gasteiger charge is -2.29. The Kier molecular flexibility index (Phi) is 5.40. The average molecular weight is 535 g/mol. The molecular formula is C31H26N4O5. The Labute approximate surface area is 229 Å². The largest absolute Gasteiger partial charge is 0.462 e. The number of ether oxygens (including phenoxy) is 1. The molecule has 9 heteroatoms. The summed E-state index contributed by atoms with van der Waals surface area (Å²) in [7, 11) is 0. The highest BCUT2D eigenvalue weighted by Crippen LogP contribution is 2.54. The lowest BCUT2D eigenvalue weighted by molar-refractivity contribution is -0.130. The van der Waals surface area contributed by atoms with Crippen molar-refractivity contribution in [2.45, 2.75) is 24.9 Å². The highest BCUT2D eigenvalue weighted by Gasteiger charge is 2.70. The number of benzene rings is 3. The van der Waals surface area contributed by atoms with Gasteiger partial charge in [0.2, 0.25) is 17.7 Å². The van der Waals surface area contributed by atoms with Crippen molar-refractivity contribution in [3.8, 4) is 0 Å². The first kappa shape index (κ1) is 24.3. The molecule has 3 N–H and O–H groups in total. The number of aromatic nitrogens is 1. The number of carbonyl (C=O) groups is 4. The van der Waals surface area contributed by atoms with E-state index in [2.05, 4.69) is 15.6 Å². The van der Waals surface area contributed by atoms with E-state index < -0.39 is 35.3 Å². The number of nitrogens with one attached hydrogen (secondary N) is 3. The third-order valence-corrected chi connectivity index (χ3v) is 8.37. The molecule has 1 aromatic heterocycles. The molecule has 0 aliphatic carbocycles. The van der Waals surface area contributed by atoms with E-state index in [0.29, 0.717) is 28.9 Å². The van der Waals surface area contributed by atoms with Crippen LogP contribution >= 0.6 is 0 Å². The standard InChI is InChI=1S/C31H26N4O5/c1-2-40-29(38)17-11-13-19(14-12-17)35-27(36)25-24(15-18-16-32-22-9-5-3-7-20(18)22)34-31(26(25)28(35)37)21-8-4-6-10-23(21)33-30(31)39/h3-14,16,24-26,32,34H,2,15H2,1H3,(H,33,39)/t24-,25+,26-,31+/m0/s1. The van der Waals surface area contributed by atoms with Crippen LogP contribution in [0.25, 0.3) is 10.9 Å². The zero-order valence-corrected chi connectivity index (χ0v) is 21.6. The summed E-state index contributed by atoms with van der Waals surface area (Å²) in [5.41, 5.74) is 2.55. The normalized spacial score (nSPS) is 25.0. The lowest BCUT2D eigenvalue weighted by Crippen LogP contribution is -2.53. The van der Waals surface area contributed by atoms with Gasteiger partial charge in [0, 0.05) is 34.4 Å². The quantitative estimate of drug-likeness (QED) is 0.266. The van der Waals surface area contributed by atoms with Crippen molar-refractivity contribution in [3.63, 3.8) is 0 Å². The maximum Gasteiger partial charge on any atom is 0.338 e. The minimum absolute atomic E-state index is 0.240. The van der Waals surface area contributed by atoms with Gasteiger partial charge >= 0.3 is 5.97 Å². The van der Waals surface area contributed by atoms with Crippen LogP contribution in [0.15, 0.2) is 79.0 Å². The van der Waals surface area contributed by atoms with Gasteiger partial charge in [-0.05, 0) is 55.3 Å². The Balaban J connectivity index is 1.32. The fourth-order valence-electron chi connectivity index (χ4n) is 6.69. The average Bonchev–Trinajstić information content (AvgIpc) is 3.68. The number of aromatic amines is 1. The van der Waals surface area contributed by atoms with E-state index in [1.54, 1.807) is 25.1 Å². The molecule has 3 aliphatic rings. The van der Waals surface area contributed by atoms with E-state index in [1.165, 1.54) is 17.0 Å². The lowest BCUT2D eigenvalue weighted by atomic mass is 9.76. The first-order valence-electron chi connectivity index (χ1n) is 13.3. The molecular weight excluding hydrogens is 508 g/mol. The van der Waals surface area contributed by atoms with E-state index in [0.717, 1.165) is 16.5 Å². The summed E-state index contributed by atoms with van der Waals surface area (Å²) in [6.45, 7) is 1.96. The molecule has 3 amide bonds. The van der Waals surface area contributed by atoms with Crippen LogP contribution in [-0.2, 0) is 31.1 Å². The Morgan fingerprint density at radius 3 is 2.50 bits per heavy atom.